The first kappa shape index (κ1) is 13.0. The molecule has 2 rings (SSSR count). The third-order valence-corrected chi connectivity index (χ3v) is 3.97. The molecule has 0 aromatic carbocycles. The smallest absolute Gasteiger partial charge is 0.229 e. The van der Waals surface area contributed by atoms with Crippen LogP contribution >= 0.6 is 11.6 Å². The van der Waals surface area contributed by atoms with Crippen LogP contribution in [0.4, 0.5) is 11.8 Å². The van der Waals surface area contributed by atoms with E-state index < -0.39 is 21.2 Å². The molecule has 98 valence electrons. The largest absolute Gasteiger partial charge is 0.368 e. The van der Waals surface area contributed by atoms with E-state index in [1.807, 2.05) is 0 Å². The summed E-state index contributed by atoms with van der Waals surface area (Å²) in [5.74, 6) is -0.323. The fourth-order valence-electron chi connectivity index (χ4n) is 1.68. The topological polar surface area (TPSA) is 132 Å². The molecule has 1 aliphatic rings. The highest BCUT2D eigenvalue weighted by Gasteiger charge is 2.37. The molecule has 1 atom stereocenters. The van der Waals surface area contributed by atoms with Gasteiger partial charge in [0.25, 0.3) is 0 Å². The Hall–Kier alpha value is -1.45. The maximum atomic E-state index is 11.7. The van der Waals surface area contributed by atoms with Crippen molar-refractivity contribution in [2.45, 2.75) is 11.7 Å². The zero-order valence-corrected chi connectivity index (χ0v) is 10.6. The van der Waals surface area contributed by atoms with Crippen molar-refractivity contribution in [1.82, 2.24) is 9.97 Å². The van der Waals surface area contributed by atoms with Gasteiger partial charge < -0.3 is 5.73 Å². The van der Waals surface area contributed by atoms with Crippen molar-refractivity contribution >= 4 is 39.3 Å². The molecule has 0 aliphatic carbocycles. The zero-order valence-electron chi connectivity index (χ0n) is 9.08. The second kappa shape index (κ2) is 4.34. The van der Waals surface area contributed by atoms with Gasteiger partial charge in [-0.05, 0) is 0 Å². The highest BCUT2D eigenvalue weighted by Crippen LogP contribution is 2.24. The molecule has 1 unspecified atom stereocenters. The molecule has 0 bridgehead atoms. The number of sulfonamides is 1. The third-order valence-electron chi connectivity index (χ3n) is 2.53. The number of hydrogen-bond acceptors (Lipinski definition) is 6. The highest BCUT2D eigenvalue weighted by molar-refractivity contribution is 7.89. The van der Waals surface area contributed by atoms with E-state index in [1.165, 1.54) is 11.0 Å². The number of halogens is 1. The molecule has 1 aliphatic heterocycles. The summed E-state index contributed by atoms with van der Waals surface area (Å²) in [4.78, 5) is 20.4. The van der Waals surface area contributed by atoms with Gasteiger partial charge in [0.15, 0.2) is 0 Å². The van der Waals surface area contributed by atoms with Crippen molar-refractivity contribution in [2.75, 3.05) is 17.2 Å². The number of primary sulfonamides is 1. The van der Waals surface area contributed by atoms with Gasteiger partial charge in [-0.2, -0.15) is 4.98 Å². The number of carbonyl (C=O) groups is 1. The van der Waals surface area contributed by atoms with Crippen molar-refractivity contribution < 1.29 is 13.2 Å². The fourth-order valence-corrected chi connectivity index (χ4v) is 2.59. The van der Waals surface area contributed by atoms with E-state index in [-0.39, 0.29) is 29.9 Å². The molecule has 0 radical (unpaired) electrons. The number of nitrogens with two attached hydrogens (primary N) is 2. The molecule has 0 saturated carbocycles. The molecular formula is C8H10ClN5O3S. The van der Waals surface area contributed by atoms with E-state index in [0.29, 0.717) is 0 Å². The molecule has 1 aromatic rings. The number of anilines is 2. The fraction of sp³-hybridized carbons (Fsp3) is 0.375. The van der Waals surface area contributed by atoms with Crippen molar-refractivity contribution in [3.63, 3.8) is 0 Å². The third kappa shape index (κ3) is 2.52. The molecule has 1 aromatic heterocycles. The first-order chi connectivity index (χ1) is 8.27. The molecule has 4 N–H and O–H groups in total. The Kier molecular flexibility index (Phi) is 3.13. The molecule has 1 amide bonds. The van der Waals surface area contributed by atoms with Crippen LogP contribution in [-0.4, -0.2) is 36.1 Å². The van der Waals surface area contributed by atoms with Crippen molar-refractivity contribution in [3.8, 4) is 0 Å². The maximum absolute atomic E-state index is 11.7. The van der Waals surface area contributed by atoms with Crippen LogP contribution in [0.15, 0.2) is 6.07 Å². The van der Waals surface area contributed by atoms with Crippen LogP contribution in [0.2, 0.25) is 5.15 Å². The lowest BCUT2D eigenvalue weighted by Gasteiger charge is -2.15. The molecule has 8 nitrogen and oxygen atoms in total. The standard InChI is InChI=1S/C8H10ClN5O3S/c9-5-2-6(13-8(10)12-5)14-3-4(1-7(14)15)18(11,16)17/h2,4H,1,3H2,(H2,10,12,13)(H2,11,16,17). The van der Waals surface area contributed by atoms with E-state index in [0.717, 1.165) is 0 Å². The van der Waals surface area contributed by atoms with Crippen LogP contribution < -0.4 is 15.8 Å². The Bertz CT molecular complexity index is 585. The van der Waals surface area contributed by atoms with Gasteiger partial charge >= 0.3 is 0 Å². The van der Waals surface area contributed by atoms with Gasteiger partial charge in [-0.25, -0.2) is 18.5 Å². The maximum Gasteiger partial charge on any atom is 0.229 e. The minimum atomic E-state index is -3.77. The number of nitrogen functional groups attached to an aromatic ring is 1. The van der Waals surface area contributed by atoms with Crippen LogP contribution in [0.1, 0.15) is 6.42 Å². The average molecular weight is 292 g/mol. The lowest BCUT2D eigenvalue weighted by atomic mass is 10.4. The summed E-state index contributed by atoms with van der Waals surface area (Å²) in [6.07, 6.45) is -0.180. The Labute approximate surface area is 108 Å². The van der Waals surface area contributed by atoms with Crippen LogP contribution in [-0.2, 0) is 14.8 Å². The monoisotopic (exact) mass is 291 g/mol. The van der Waals surface area contributed by atoms with Gasteiger partial charge in [-0.15, -0.1) is 0 Å². The normalized spacial score (nSPS) is 20.4. The summed E-state index contributed by atoms with van der Waals surface area (Å²) in [5, 5.41) is 4.14. The minimum Gasteiger partial charge on any atom is -0.368 e. The van der Waals surface area contributed by atoms with Crippen LogP contribution in [0.25, 0.3) is 0 Å². The van der Waals surface area contributed by atoms with E-state index in [9.17, 15) is 13.2 Å². The van der Waals surface area contributed by atoms with Crippen LogP contribution in [0.3, 0.4) is 0 Å². The summed E-state index contributed by atoms with van der Waals surface area (Å²) in [6, 6.07) is 1.33. The minimum absolute atomic E-state index is 0.0650. The number of carbonyl (C=O) groups excluding carboxylic acids is 1. The number of rotatable bonds is 2. The van der Waals surface area contributed by atoms with Crippen molar-refractivity contribution in [3.05, 3.63) is 11.2 Å². The highest BCUT2D eigenvalue weighted by atomic mass is 35.5. The number of nitrogens with zero attached hydrogens (tertiary/aromatic N) is 3. The van der Waals surface area contributed by atoms with Gasteiger partial charge in [-0.3, -0.25) is 9.69 Å². The number of amides is 1. The van der Waals surface area contributed by atoms with Crippen LogP contribution in [0.5, 0.6) is 0 Å². The molecule has 10 heteroatoms. The molecule has 1 fully saturated rings. The Morgan fingerprint density at radius 3 is 2.61 bits per heavy atom. The van der Waals surface area contributed by atoms with Gasteiger partial charge in [0, 0.05) is 19.0 Å². The predicted octanol–water partition coefficient (Wildman–Crippen LogP) is -0.894. The summed E-state index contributed by atoms with van der Waals surface area (Å²) >= 11 is 5.69. The summed E-state index contributed by atoms with van der Waals surface area (Å²) in [7, 11) is -3.77. The lowest BCUT2D eigenvalue weighted by Crippen LogP contribution is -2.32. The lowest BCUT2D eigenvalue weighted by molar-refractivity contribution is -0.117. The van der Waals surface area contributed by atoms with E-state index in [2.05, 4.69) is 9.97 Å². The molecule has 18 heavy (non-hydrogen) atoms. The van der Waals surface area contributed by atoms with Crippen molar-refractivity contribution in [2.24, 2.45) is 5.14 Å². The first-order valence-electron chi connectivity index (χ1n) is 4.89. The van der Waals surface area contributed by atoms with Gasteiger partial charge in [0.1, 0.15) is 16.2 Å². The van der Waals surface area contributed by atoms with E-state index in [1.54, 1.807) is 0 Å². The molecule has 0 spiro atoms. The Morgan fingerprint density at radius 2 is 2.11 bits per heavy atom. The van der Waals surface area contributed by atoms with Gasteiger partial charge in [-0.1, -0.05) is 11.6 Å². The second-order valence-electron chi connectivity index (χ2n) is 3.83. The SMILES string of the molecule is Nc1nc(Cl)cc(N2CC(S(N)(=O)=O)CC2=O)n1. The first-order valence-corrected chi connectivity index (χ1v) is 6.88. The molecule has 2 heterocycles. The van der Waals surface area contributed by atoms with Gasteiger partial charge in [0.2, 0.25) is 21.9 Å². The Balaban J connectivity index is 2.32. The average Bonchev–Trinajstić information content (AvgIpc) is 2.58. The number of aromatic nitrogens is 2. The summed E-state index contributed by atoms with van der Waals surface area (Å²) in [5.41, 5.74) is 5.41. The van der Waals surface area contributed by atoms with Crippen molar-refractivity contribution in [1.29, 1.82) is 0 Å². The predicted molar refractivity (Wildman–Crippen MR) is 65.3 cm³/mol. The quantitative estimate of drug-likeness (QED) is 0.679. The van der Waals surface area contributed by atoms with Crippen LogP contribution in [0, 0.1) is 0 Å². The number of hydrogen-bond donors (Lipinski definition) is 2. The van der Waals surface area contributed by atoms with E-state index in [4.69, 9.17) is 22.5 Å². The summed E-state index contributed by atoms with van der Waals surface area (Å²) in [6.45, 7) is -0.0650. The zero-order chi connectivity index (χ0) is 13.5. The Morgan fingerprint density at radius 1 is 1.44 bits per heavy atom. The molecular weight excluding hydrogens is 282 g/mol. The molecule has 1 saturated heterocycles. The van der Waals surface area contributed by atoms with Gasteiger partial charge in [0.05, 0.1) is 0 Å². The summed E-state index contributed by atoms with van der Waals surface area (Å²) < 4.78 is 22.4. The second-order valence-corrected chi connectivity index (χ2v) is 6.06. The van der Waals surface area contributed by atoms with E-state index >= 15 is 0 Å².